The van der Waals surface area contributed by atoms with Crippen LogP contribution in [0.15, 0.2) is 67.4 Å². The first-order valence-corrected chi connectivity index (χ1v) is 8.09. The third kappa shape index (κ3) is 4.11. The first kappa shape index (κ1) is 16.9. The van der Waals surface area contributed by atoms with Gasteiger partial charge < -0.3 is 11.1 Å². The van der Waals surface area contributed by atoms with Crippen LogP contribution in [0.2, 0.25) is 0 Å². The van der Waals surface area contributed by atoms with Crippen LogP contribution in [0.1, 0.15) is 16.7 Å². The number of hydrogen-bond acceptors (Lipinski definition) is 3. The molecule has 3 nitrogen and oxygen atoms in total. The molecule has 0 saturated heterocycles. The molecule has 3 rings (SSSR count). The second kappa shape index (κ2) is 7.73. The summed E-state index contributed by atoms with van der Waals surface area (Å²) in [6.07, 6.45) is 3.43. The van der Waals surface area contributed by atoms with E-state index in [0.717, 1.165) is 27.8 Å². The monoisotopic (exact) mass is 333 g/mol. The highest BCUT2D eigenvalue weighted by Crippen LogP contribution is 2.27. The number of anilines is 1. The summed E-state index contributed by atoms with van der Waals surface area (Å²) >= 11 is 0. The van der Waals surface area contributed by atoms with Crippen LogP contribution in [-0.2, 0) is 13.1 Å². The molecule has 0 bridgehead atoms. The second-order valence-corrected chi connectivity index (χ2v) is 5.79. The van der Waals surface area contributed by atoms with E-state index in [0.29, 0.717) is 18.9 Å². The van der Waals surface area contributed by atoms with Crippen LogP contribution in [0.25, 0.3) is 17.2 Å². The number of rotatable bonds is 6. The molecule has 0 radical (unpaired) electrons. The molecule has 0 saturated carbocycles. The van der Waals surface area contributed by atoms with Gasteiger partial charge in [0.25, 0.3) is 0 Å². The third-order valence-electron chi connectivity index (χ3n) is 4.04. The third-order valence-corrected chi connectivity index (χ3v) is 4.04. The van der Waals surface area contributed by atoms with Crippen LogP contribution >= 0.6 is 0 Å². The Morgan fingerprint density at radius 1 is 1.04 bits per heavy atom. The Morgan fingerprint density at radius 2 is 1.80 bits per heavy atom. The van der Waals surface area contributed by atoms with Gasteiger partial charge in [0.2, 0.25) is 0 Å². The zero-order valence-corrected chi connectivity index (χ0v) is 13.9. The number of pyridine rings is 1. The summed E-state index contributed by atoms with van der Waals surface area (Å²) < 4.78 is 13.2. The maximum atomic E-state index is 13.2. The Hall–Kier alpha value is -2.98. The Labute approximate surface area is 147 Å². The van der Waals surface area contributed by atoms with Crippen molar-refractivity contribution in [3.63, 3.8) is 0 Å². The number of hydrogen-bond donors (Lipinski definition) is 2. The first-order valence-electron chi connectivity index (χ1n) is 8.09. The minimum atomic E-state index is -0.210. The van der Waals surface area contributed by atoms with Crippen LogP contribution in [-0.4, -0.2) is 4.98 Å². The number of nitrogen functional groups attached to an aromatic ring is 1. The van der Waals surface area contributed by atoms with Gasteiger partial charge in [0.1, 0.15) is 11.6 Å². The van der Waals surface area contributed by atoms with E-state index >= 15 is 0 Å². The van der Waals surface area contributed by atoms with E-state index in [1.54, 1.807) is 24.4 Å². The smallest absolute Gasteiger partial charge is 0.131 e. The maximum Gasteiger partial charge on any atom is 0.131 e. The minimum Gasteiger partial charge on any atom is -0.383 e. The van der Waals surface area contributed by atoms with Crippen LogP contribution in [0.5, 0.6) is 0 Å². The Morgan fingerprint density at radius 3 is 2.52 bits per heavy atom. The van der Waals surface area contributed by atoms with Gasteiger partial charge in [-0.1, -0.05) is 49.1 Å². The molecule has 25 heavy (non-hydrogen) atoms. The predicted molar refractivity (Wildman–Crippen MR) is 101 cm³/mol. The quantitative estimate of drug-likeness (QED) is 0.703. The van der Waals surface area contributed by atoms with E-state index in [1.807, 2.05) is 12.1 Å². The van der Waals surface area contributed by atoms with Crippen molar-refractivity contribution in [1.29, 1.82) is 0 Å². The van der Waals surface area contributed by atoms with Gasteiger partial charge in [0.15, 0.2) is 0 Å². The van der Waals surface area contributed by atoms with E-state index in [1.165, 1.54) is 6.07 Å². The van der Waals surface area contributed by atoms with E-state index in [9.17, 15) is 4.39 Å². The van der Waals surface area contributed by atoms with Crippen LogP contribution in [0.4, 0.5) is 10.2 Å². The van der Waals surface area contributed by atoms with Crippen molar-refractivity contribution in [2.24, 2.45) is 0 Å². The van der Waals surface area contributed by atoms with E-state index < -0.39 is 0 Å². The summed E-state index contributed by atoms with van der Waals surface area (Å²) in [5.74, 6) is 0.270. The van der Waals surface area contributed by atoms with Gasteiger partial charge in [0, 0.05) is 24.8 Å². The summed E-state index contributed by atoms with van der Waals surface area (Å²) in [5.41, 5.74) is 10.9. The zero-order valence-electron chi connectivity index (χ0n) is 13.9. The van der Waals surface area contributed by atoms with Gasteiger partial charge >= 0.3 is 0 Å². The highest BCUT2D eigenvalue weighted by atomic mass is 19.1. The molecule has 0 spiro atoms. The Bertz CT molecular complexity index is 873. The van der Waals surface area contributed by atoms with E-state index in [4.69, 9.17) is 5.73 Å². The lowest BCUT2D eigenvalue weighted by atomic mass is 10.00. The number of nitrogens with one attached hydrogen (secondary N) is 1. The fourth-order valence-corrected chi connectivity index (χ4v) is 2.76. The normalized spacial score (nSPS) is 10.6. The molecular weight excluding hydrogens is 313 g/mol. The average Bonchev–Trinajstić information content (AvgIpc) is 2.62. The van der Waals surface area contributed by atoms with Gasteiger partial charge in [0.05, 0.1) is 0 Å². The molecule has 0 fully saturated rings. The highest BCUT2D eigenvalue weighted by Gasteiger charge is 2.06. The van der Waals surface area contributed by atoms with Gasteiger partial charge in [-0.05, 0) is 40.5 Å². The summed E-state index contributed by atoms with van der Waals surface area (Å²) in [4.78, 5) is 4.10. The first-order chi connectivity index (χ1) is 12.2. The molecule has 0 aliphatic rings. The molecule has 3 N–H and O–H groups in total. The number of nitrogens with zero attached hydrogens (tertiary/aromatic N) is 1. The summed E-state index contributed by atoms with van der Waals surface area (Å²) in [6, 6.07) is 16.8. The molecular formula is C21H20FN3. The lowest BCUT2D eigenvalue weighted by molar-refractivity contribution is 0.620. The van der Waals surface area contributed by atoms with Crippen LogP contribution in [0.3, 0.4) is 0 Å². The lowest BCUT2D eigenvalue weighted by Crippen LogP contribution is -2.12. The molecule has 0 aliphatic carbocycles. The van der Waals surface area contributed by atoms with Crippen molar-refractivity contribution < 1.29 is 4.39 Å². The van der Waals surface area contributed by atoms with Crippen molar-refractivity contribution in [2.75, 3.05) is 5.73 Å². The largest absolute Gasteiger partial charge is 0.383 e. The molecule has 0 aliphatic heterocycles. The fourth-order valence-electron chi connectivity index (χ4n) is 2.76. The number of halogens is 1. The average molecular weight is 333 g/mol. The molecule has 4 heteroatoms. The van der Waals surface area contributed by atoms with Crippen molar-refractivity contribution >= 4 is 11.9 Å². The highest BCUT2D eigenvalue weighted by molar-refractivity contribution is 5.79. The van der Waals surface area contributed by atoms with E-state index in [-0.39, 0.29) is 5.82 Å². The van der Waals surface area contributed by atoms with Gasteiger partial charge in [-0.25, -0.2) is 9.37 Å². The Kier molecular flexibility index (Phi) is 5.21. The molecule has 126 valence electrons. The van der Waals surface area contributed by atoms with Gasteiger partial charge in [-0.3, -0.25) is 0 Å². The number of aromatic nitrogens is 1. The molecule has 0 unspecified atom stereocenters. The molecule has 1 aromatic heterocycles. The molecule has 3 aromatic rings. The summed E-state index contributed by atoms with van der Waals surface area (Å²) in [6.45, 7) is 5.15. The second-order valence-electron chi connectivity index (χ2n) is 5.79. The minimum absolute atomic E-state index is 0.210. The van der Waals surface area contributed by atoms with Crippen LogP contribution in [0, 0.1) is 5.82 Å². The lowest BCUT2D eigenvalue weighted by Gasteiger charge is -2.10. The summed E-state index contributed by atoms with van der Waals surface area (Å²) in [7, 11) is 0. The zero-order chi connectivity index (χ0) is 17.6. The SMILES string of the molecule is C=Cc1c(-c2ccc(CNCc3cccc(F)c3)cc2)ccnc1N. The van der Waals surface area contributed by atoms with Gasteiger partial charge in [-0.2, -0.15) is 0 Å². The van der Waals surface area contributed by atoms with Crippen molar-refractivity contribution in [2.45, 2.75) is 13.1 Å². The van der Waals surface area contributed by atoms with Crippen molar-refractivity contribution in [3.05, 3.63) is 89.9 Å². The predicted octanol–water partition coefficient (Wildman–Crippen LogP) is 4.40. The maximum absolute atomic E-state index is 13.2. The molecule has 1 heterocycles. The van der Waals surface area contributed by atoms with Crippen LogP contribution < -0.4 is 11.1 Å². The van der Waals surface area contributed by atoms with Crippen molar-refractivity contribution in [3.8, 4) is 11.1 Å². The van der Waals surface area contributed by atoms with Crippen molar-refractivity contribution in [1.82, 2.24) is 10.3 Å². The van der Waals surface area contributed by atoms with E-state index in [2.05, 4.69) is 41.1 Å². The molecule has 0 amide bonds. The molecule has 2 aromatic carbocycles. The van der Waals surface area contributed by atoms with Gasteiger partial charge in [-0.15, -0.1) is 0 Å². The topological polar surface area (TPSA) is 50.9 Å². The molecule has 0 atom stereocenters. The number of nitrogens with two attached hydrogens (primary N) is 1. The standard InChI is InChI=1S/C21H20FN3/c1-2-19-20(10-11-25-21(19)23)17-8-6-15(7-9-17)13-24-14-16-4-3-5-18(22)12-16/h2-12,24H,1,13-14H2,(H2,23,25). The Balaban J connectivity index is 1.67. The fraction of sp³-hybridized carbons (Fsp3) is 0.0952. The number of benzene rings is 2. The summed E-state index contributed by atoms with van der Waals surface area (Å²) in [5, 5.41) is 3.32.